The first-order valence-electron chi connectivity index (χ1n) is 11.0. The number of halogens is 3. The SMILES string of the molecule is CCn1ccc2c(-c3cc(-c4ccc(C(=O)N5CCC(F)(F)CC5)cc4Cl)cs3)cccc21. The van der Waals surface area contributed by atoms with Crippen LogP contribution < -0.4 is 0 Å². The number of carbonyl (C=O) groups excluding carboxylic acids is 1. The fourth-order valence-electron chi connectivity index (χ4n) is 4.43. The van der Waals surface area contributed by atoms with E-state index in [2.05, 4.69) is 53.4 Å². The molecule has 0 N–H and O–H groups in total. The predicted molar refractivity (Wildman–Crippen MR) is 131 cm³/mol. The van der Waals surface area contributed by atoms with Crippen LogP contribution in [0.2, 0.25) is 5.02 Å². The summed E-state index contributed by atoms with van der Waals surface area (Å²) in [5, 5.41) is 3.76. The molecule has 2 aromatic carbocycles. The summed E-state index contributed by atoms with van der Waals surface area (Å²) in [6, 6.07) is 15.8. The maximum absolute atomic E-state index is 13.4. The lowest BCUT2D eigenvalue weighted by molar-refractivity contribution is -0.0494. The van der Waals surface area contributed by atoms with Gasteiger partial charge in [0.25, 0.3) is 11.8 Å². The molecule has 0 radical (unpaired) electrons. The van der Waals surface area contributed by atoms with Gasteiger partial charge in [0.1, 0.15) is 0 Å². The average molecular weight is 485 g/mol. The minimum atomic E-state index is -2.68. The van der Waals surface area contributed by atoms with E-state index in [-0.39, 0.29) is 31.8 Å². The lowest BCUT2D eigenvalue weighted by Crippen LogP contribution is -2.42. The van der Waals surface area contributed by atoms with Gasteiger partial charge in [-0.3, -0.25) is 4.79 Å². The van der Waals surface area contributed by atoms with Crippen LogP contribution in [0.15, 0.2) is 60.1 Å². The minimum absolute atomic E-state index is 0.0599. The molecular formula is C26H23ClF2N2OS. The number of fused-ring (bicyclic) bond motifs is 1. The number of amides is 1. The second kappa shape index (κ2) is 8.58. The highest BCUT2D eigenvalue weighted by molar-refractivity contribution is 7.14. The number of hydrogen-bond acceptors (Lipinski definition) is 2. The maximum Gasteiger partial charge on any atom is 0.253 e. The molecule has 4 aromatic rings. The minimum Gasteiger partial charge on any atom is -0.348 e. The number of likely N-dealkylation sites (tertiary alicyclic amines) is 1. The van der Waals surface area contributed by atoms with Gasteiger partial charge in [0.05, 0.1) is 0 Å². The summed E-state index contributed by atoms with van der Waals surface area (Å²) in [4.78, 5) is 15.4. The van der Waals surface area contributed by atoms with Gasteiger partial charge in [-0.2, -0.15) is 0 Å². The quantitative estimate of drug-likeness (QED) is 0.293. The van der Waals surface area contributed by atoms with Gasteiger partial charge in [0.2, 0.25) is 0 Å². The number of thiophene rings is 1. The van der Waals surface area contributed by atoms with Crippen LogP contribution in [0.25, 0.3) is 32.5 Å². The molecule has 0 aliphatic carbocycles. The number of hydrogen-bond donors (Lipinski definition) is 0. The summed E-state index contributed by atoms with van der Waals surface area (Å²) in [7, 11) is 0. The number of aromatic nitrogens is 1. The van der Waals surface area contributed by atoms with Crippen molar-refractivity contribution in [2.45, 2.75) is 32.2 Å². The topological polar surface area (TPSA) is 25.2 Å². The highest BCUT2D eigenvalue weighted by Crippen LogP contribution is 2.39. The monoisotopic (exact) mass is 484 g/mol. The maximum atomic E-state index is 13.4. The number of piperidine rings is 1. The van der Waals surface area contributed by atoms with Crippen molar-refractivity contribution in [1.82, 2.24) is 9.47 Å². The Balaban J connectivity index is 1.40. The van der Waals surface area contributed by atoms with E-state index in [4.69, 9.17) is 11.6 Å². The van der Waals surface area contributed by atoms with Gasteiger partial charge in [0, 0.05) is 76.2 Å². The van der Waals surface area contributed by atoms with Crippen LogP contribution >= 0.6 is 22.9 Å². The molecule has 1 aliphatic heterocycles. The van der Waals surface area contributed by atoms with Crippen LogP contribution in [-0.2, 0) is 6.54 Å². The second-order valence-electron chi connectivity index (χ2n) is 8.38. The van der Waals surface area contributed by atoms with Crippen LogP contribution in [-0.4, -0.2) is 34.4 Å². The van der Waals surface area contributed by atoms with E-state index < -0.39 is 5.92 Å². The Hall–Kier alpha value is -2.70. The summed E-state index contributed by atoms with van der Waals surface area (Å²) < 4.78 is 29.1. The van der Waals surface area contributed by atoms with Crippen molar-refractivity contribution < 1.29 is 13.6 Å². The molecule has 0 spiro atoms. The fourth-order valence-corrected chi connectivity index (χ4v) is 5.67. The zero-order chi connectivity index (χ0) is 23.2. The first-order valence-corrected chi connectivity index (χ1v) is 12.3. The summed E-state index contributed by atoms with van der Waals surface area (Å²) in [5.41, 5.74) is 4.65. The van der Waals surface area contributed by atoms with Crippen LogP contribution in [0.4, 0.5) is 8.78 Å². The molecule has 3 nitrogen and oxygen atoms in total. The zero-order valence-electron chi connectivity index (χ0n) is 18.2. The van der Waals surface area contributed by atoms with Gasteiger partial charge < -0.3 is 9.47 Å². The van der Waals surface area contributed by atoms with Crippen molar-refractivity contribution in [3.05, 3.63) is 70.7 Å². The first kappa shape index (κ1) is 22.1. The molecule has 170 valence electrons. The molecule has 33 heavy (non-hydrogen) atoms. The largest absolute Gasteiger partial charge is 0.348 e. The molecule has 0 unspecified atom stereocenters. The standard InChI is InChI=1S/C26H23ClF2N2OS/c1-2-30-11-8-20-21(4-3-5-23(20)30)24-15-18(16-33-24)19-7-6-17(14-22(19)27)25(32)31-12-9-26(28,29)10-13-31/h3-8,11,14-16H,2,9-10,12-13H2,1H3. The summed E-state index contributed by atoms with van der Waals surface area (Å²) in [6.45, 7) is 3.17. The summed E-state index contributed by atoms with van der Waals surface area (Å²) in [6.07, 6.45) is 1.52. The van der Waals surface area contributed by atoms with Crippen LogP contribution in [0.1, 0.15) is 30.1 Å². The third-order valence-electron chi connectivity index (χ3n) is 6.33. The van der Waals surface area contributed by atoms with E-state index >= 15 is 0 Å². The molecule has 7 heteroatoms. The second-order valence-corrected chi connectivity index (χ2v) is 9.70. The van der Waals surface area contributed by atoms with Gasteiger partial charge in [-0.05, 0) is 48.2 Å². The normalized spacial score (nSPS) is 15.8. The summed E-state index contributed by atoms with van der Waals surface area (Å²) in [5.74, 6) is -2.93. The molecule has 1 amide bonds. The third kappa shape index (κ3) is 4.18. The number of rotatable bonds is 4. The smallest absolute Gasteiger partial charge is 0.253 e. The van der Waals surface area contributed by atoms with E-state index in [1.807, 2.05) is 6.07 Å². The Bertz CT molecular complexity index is 1330. The molecule has 1 aliphatic rings. The number of carbonyl (C=O) groups is 1. The molecule has 0 atom stereocenters. The highest BCUT2D eigenvalue weighted by Gasteiger charge is 2.35. The molecular weight excluding hydrogens is 462 g/mol. The molecule has 3 heterocycles. The van der Waals surface area contributed by atoms with E-state index in [0.29, 0.717) is 10.6 Å². The third-order valence-corrected chi connectivity index (χ3v) is 7.60. The highest BCUT2D eigenvalue weighted by atomic mass is 35.5. The molecule has 1 saturated heterocycles. The molecule has 2 aromatic heterocycles. The number of alkyl halides is 2. The van der Waals surface area contributed by atoms with Crippen LogP contribution in [0, 0.1) is 0 Å². The van der Waals surface area contributed by atoms with Gasteiger partial charge in [-0.1, -0.05) is 29.8 Å². The summed E-state index contributed by atoms with van der Waals surface area (Å²) >= 11 is 8.23. The van der Waals surface area contributed by atoms with E-state index in [1.165, 1.54) is 21.4 Å². The van der Waals surface area contributed by atoms with Crippen molar-refractivity contribution in [3.8, 4) is 21.6 Å². The number of benzene rings is 2. The van der Waals surface area contributed by atoms with Gasteiger partial charge in [-0.15, -0.1) is 11.3 Å². The van der Waals surface area contributed by atoms with Crippen molar-refractivity contribution in [3.63, 3.8) is 0 Å². The van der Waals surface area contributed by atoms with Crippen LogP contribution in [0.5, 0.6) is 0 Å². The Morgan fingerprint density at radius 3 is 2.61 bits per heavy atom. The van der Waals surface area contributed by atoms with Gasteiger partial charge in [-0.25, -0.2) is 8.78 Å². The predicted octanol–water partition coefficient (Wildman–Crippen LogP) is 7.58. The molecule has 0 bridgehead atoms. The van der Waals surface area contributed by atoms with Crippen LogP contribution in [0.3, 0.4) is 0 Å². The van der Waals surface area contributed by atoms with Crippen molar-refractivity contribution >= 4 is 39.7 Å². The molecule has 1 fully saturated rings. The van der Waals surface area contributed by atoms with Crippen molar-refractivity contribution in [2.75, 3.05) is 13.1 Å². The van der Waals surface area contributed by atoms with Crippen molar-refractivity contribution in [1.29, 1.82) is 0 Å². The van der Waals surface area contributed by atoms with Gasteiger partial charge in [0.15, 0.2) is 0 Å². The lowest BCUT2D eigenvalue weighted by atomic mass is 10.0. The van der Waals surface area contributed by atoms with Crippen molar-refractivity contribution in [2.24, 2.45) is 0 Å². The van der Waals surface area contributed by atoms with Gasteiger partial charge >= 0.3 is 0 Å². The zero-order valence-corrected chi connectivity index (χ0v) is 19.7. The van der Waals surface area contributed by atoms with E-state index in [9.17, 15) is 13.6 Å². The number of nitrogens with zero attached hydrogens (tertiary/aromatic N) is 2. The Labute approximate surface area is 200 Å². The Morgan fingerprint density at radius 1 is 1.09 bits per heavy atom. The fraction of sp³-hybridized carbons (Fsp3) is 0.269. The Kier molecular flexibility index (Phi) is 5.75. The Morgan fingerprint density at radius 2 is 1.88 bits per heavy atom. The molecule has 0 saturated carbocycles. The number of aryl methyl sites for hydroxylation is 1. The first-order chi connectivity index (χ1) is 15.9. The van der Waals surface area contributed by atoms with E-state index in [0.717, 1.165) is 22.5 Å². The molecule has 5 rings (SSSR count). The average Bonchev–Trinajstić information content (AvgIpc) is 3.45. The lowest BCUT2D eigenvalue weighted by Gasteiger charge is -2.31. The van der Waals surface area contributed by atoms with E-state index in [1.54, 1.807) is 23.5 Å².